The summed E-state index contributed by atoms with van der Waals surface area (Å²) in [6, 6.07) is 4.44. The van der Waals surface area contributed by atoms with Crippen LogP contribution in [0.15, 0.2) is 29.6 Å². The topological polar surface area (TPSA) is 45.5 Å². The molecule has 0 amide bonds. The summed E-state index contributed by atoms with van der Waals surface area (Å²) >= 11 is 7.23. The minimum atomic E-state index is -4.46. The molecule has 3 nitrogen and oxygen atoms in total. The van der Waals surface area contributed by atoms with Crippen LogP contribution in [0.3, 0.4) is 0 Å². The summed E-state index contributed by atoms with van der Waals surface area (Å²) in [5.74, 6) is 0. The molecule has 0 aromatic carbocycles. The molecule has 0 unspecified atom stereocenters. The van der Waals surface area contributed by atoms with E-state index in [1.54, 1.807) is 19.1 Å². The summed E-state index contributed by atoms with van der Waals surface area (Å²) in [7, 11) is 0. The summed E-state index contributed by atoms with van der Waals surface area (Å²) in [5.41, 5.74) is -0.0271. The number of rotatable bonds is 3. The average molecular weight is 335 g/mol. The Balaban J connectivity index is 2.22. The predicted molar refractivity (Wildman–Crippen MR) is 75.4 cm³/mol. The zero-order chi connectivity index (χ0) is 15.6. The fourth-order valence-electron chi connectivity index (χ4n) is 1.63. The van der Waals surface area contributed by atoms with E-state index < -0.39 is 11.7 Å². The quantitative estimate of drug-likeness (QED) is 0.506. The molecule has 0 aliphatic rings. The number of nitrogens with zero attached hydrogens (tertiary/aromatic N) is 2. The number of hydrogen-bond acceptors (Lipinski definition) is 4. The van der Waals surface area contributed by atoms with E-state index in [0.717, 1.165) is 22.0 Å². The van der Waals surface area contributed by atoms with Gasteiger partial charge in [-0.1, -0.05) is 16.8 Å². The van der Waals surface area contributed by atoms with Crippen LogP contribution in [0.25, 0.3) is 0 Å². The minimum absolute atomic E-state index is 0.0210. The van der Waals surface area contributed by atoms with E-state index in [4.69, 9.17) is 16.8 Å². The van der Waals surface area contributed by atoms with Gasteiger partial charge in [0.15, 0.2) is 0 Å². The molecule has 0 aliphatic carbocycles. The lowest BCUT2D eigenvalue weighted by atomic mass is 10.2. The Morgan fingerprint density at radius 3 is 2.71 bits per heavy atom. The van der Waals surface area contributed by atoms with Crippen molar-refractivity contribution in [3.8, 4) is 0 Å². The lowest BCUT2D eigenvalue weighted by molar-refractivity contribution is -0.137. The van der Waals surface area contributed by atoms with Crippen molar-refractivity contribution in [3.63, 3.8) is 0 Å². The first-order valence-electron chi connectivity index (χ1n) is 5.80. The van der Waals surface area contributed by atoms with Gasteiger partial charge in [0, 0.05) is 17.5 Å². The van der Waals surface area contributed by atoms with Crippen LogP contribution in [0.1, 0.15) is 27.9 Å². The lowest BCUT2D eigenvalue weighted by Gasteiger charge is -2.08. The highest BCUT2D eigenvalue weighted by Gasteiger charge is 2.31. The lowest BCUT2D eigenvalue weighted by Crippen LogP contribution is -2.06. The van der Waals surface area contributed by atoms with Gasteiger partial charge in [-0.3, -0.25) is 4.98 Å². The first kappa shape index (κ1) is 15.8. The molecule has 1 N–H and O–H groups in total. The van der Waals surface area contributed by atoms with Crippen LogP contribution in [0.4, 0.5) is 13.2 Å². The number of halogens is 4. The van der Waals surface area contributed by atoms with Crippen LogP contribution in [0.2, 0.25) is 5.02 Å². The van der Waals surface area contributed by atoms with Crippen molar-refractivity contribution < 1.29 is 18.4 Å². The third-order valence-corrected chi connectivity index (χ3v) is 4.28. The zero-order valence-corrected chi connectivity index (χ0v) is 12.4. The van der Waals surface area contributed by atoms with Crippen LogP contribution in [0.5, 0.6) is 0 Å². The molecule has 2 aromatic rings. The molecule has 112 valence electrons. The maximum absolute atomic E-state index is 12.5. The van der Waals surface area contributed by atoms with E-state index in [9.17, 15) is 13.2 Å². The molecular formula is C13H10ClF3N2OS. The molecule has 0 bridgehead atoms. The van der Waals surface area contributed by atoms with Crippen molar-refractivity contribution in [2.75, 3.05) is 0 Å². The number of thiophene rings is 1. The van der Waals surface area contributed by atoms with E-state index in [1.165, 1.54) is 11.3 Å². The van der Waals surface area contributed by atoms with Crippen LogP contribution in [-0.2, 0) is 12.6 Å². The highest BCUT2D eigenvalue weighted by Crippen LogP contribution is 2.32. The Hall–Kier alpha value is -1.60. The fraction of sp³-hybridized carbons (Fsp3) is 0.231. The highest BCUT2D eigenvalue weighted by atomic mass is 35.5. The Morgan fingerprint density at radius 2 is 2.14 bits per heavy atom. The van der Waals surface area contributed by atoms with Gasteiger partial charge in [0.25, 0.3) is 0 Å². The van der Waals surface area contributed by atoms with Gasteiger partial charge < -0.3 is 5.21 Å². The molecular weight excluding hydrogens is 325 g/mol. The highest BCUT2D eigenvalue weighted by molar-refractivity contribution is 7.14. The maximum Gasteiger partial charge on any atom is 0.417 e. The molecule has 0 saturated heterocycles. The normalized spacial score (nSPS) is 12.7. The van der Waals surface area contributed by atoms with Gasteiger partial charge in [-0.2, -0.15) is 13.2 Å². The molecule has 2 aromatic heterocycles. The summed E-state index contributed by atoms with van der Waals surface area (Å²) in [6.45, 7) is 1.65. The van der Waals surface area contributed by atoms with Gasteiger partial charge in [-0.25, -0.2) is 0 Å². The van der Waals surface area contributed by atoms with E-state index in [0.29, 0.717) is 17.8 Å². The van der Waals surface area contributed by atoms with Crippen molar-refractivity contribution >= 4 is 28.6 Å². The van der Waals surface area contributed by atoms with Crippen molar-refractivity contribution in [1.29, 1.82) is 0 Å². The molecule has 8 heteroatoms. The van der Waals surface area contributed by atoms with E-state index in [2.05, 4.69) is 10.1 Å². The second kappa shape index (κ2) is 6.03. The van der Waals surface area contributed by atoms with Crippen molar-refractivity contribution in [3.05, 3.63) is 50.4 Å². The summed E-state index contributed by atoms with van der Waals surface area (Å²) in [5, 5.41) is 11.8. The summed E-state index contributed by atoms with van der Waals surface area (Å²) in [6.07, 6.45) is -3.36. The van der Waals surface area contributed by atoms with Crippen LogP contribution < -0.4 is 0 Å². The van der Waals surface area contributed by atoms with Crippen LogP contribution >= 0.6 is 22.9 Å². The van der Waals surface area contributed by atoms with Gasteiger partial charge in [0.2, 0.25) is 0 Å². The SMILES string of the molecule is C/C(=N\O)c1ccc(Cc2ncc(C(F)(F)F)cc2Cl)s1. The Labute approximate surface area is 127 Å². The zero-order valence-electron chi connectivity index (χ0n) is 10.8. The molecule has 0 radical (unpaired) electrons. The third kappa shape index (κ3) is 3.74. The third-order valence-electron chi connectivity index (χ3n) is 2.75. The van der Waals surface area contributed by atoms with Crippen LogP contribution in [-0.4, -0.2) is 15.9 Å². The Morgan fingerprint density at radius 1 is 1.43 bits per heavy atom. The standard InChI is InChI=1S/C13H10ClF3N2OS/c1-7(19-20)12-3-2-9(21-12)5-11-10(14)4-8(6-18-11)13(15,16)17/h2-4,6,20H,5H2,1H3/b19-7+. The van der Waals surface area contributed by atoms with Gasteiger partial charge in [-0.15, -0.1) is 11.3 Å². The number of alkyl halides is 3. The van der Waals surface area contributed by atoms with Gasteiger partial charge in [0.1, 0.15) is 0 Å². The first-order valence-corrected chi connectivity index (χ1v) is 7.00. The summed E-state index contributed by atoms with van der Waals surface area (Å²) < 4.78 is 37.6. The molecule has 2 rings (SSSR count). The molecule has 0 atom stereocenters. The van der Waals surface area contributed by atoms with Crippen molar-refractivity contribution in [2.24, 2.45) is 5.16 Å². The maximum atomic E-state index is 12.5. The number of aromatic nitrogens is 1. The van der Waals surface area contributed by atoms with Crippen LogP contribution in [0, 0.1) is 0 Å². The molecule has 2 heterocycles. The van der Waals surface area contributed by atoms with Gasteiger partial charge >= 0.3 is 6.18 Å². The molecule has 0 spiro atoms. The first-order chi connectivity index (χ1) is 9.81. The van der Waals surface area contributed by atoms with Gasteiger partial charge in [0.05, 0.1) is 26.9 Å². The molecule has 21 heavy (non-hydrogen) atoms. The summed E-state index contributed by atoms with van der Waals surface area (Å²) in [4.78, 5) is 5.43. The number of hydrogen-bond donors (Lipinski definition) is 1. The number of oxime groups is 1. The van der Waals surface area contributed by atoms with E-state index >= 15 is 0 Å². The largest absolute Gasteiger partial charge is 0.417 e. The van der Waals surface area contributed by atoms with Gasteiger partial charge in [-0.05, 0) is 25.1 Å². The average Bonchev–Trinajstić information content (AvgIpc) is 2.87. The minimum Gasteiger partial charge on any atom is -0.411 e. The van der Waals surface area contributed by atoms with E-state index in [-0.39, 0.29) is 5.02 Å². The Kier molecular flexibility index (Phi) is 4.53. The molecule has 0 fully saturated rings. The molecule has 0 aliphatic heterocycles. The molecule has 0 saturated carbocycles. The second-order valence-electron chi connectivity index (χ2n) is 4.28. The number of pyridine rings is 1. The Bertz CT molecular complexity index is 682. The fourth-order valence-corrected chi connectivity index (χ4v) is 2.82. The van der Waals surface area contributed by atoms with Crippen molar-refractivity contribution in [1.82, 2.24) is 4.98 Å². The van der Waals surface area contributed by atoms with E-state index in [1.807, 2.05) is 0 Å². The monoisotopic (exact) mass is 334 g/mol. The smallest absolute Gasteiger partial charge is 0.411 e. The van der Waals surface area contributed by atoms with Crippen molar-refractivity contribution in [2.45, 2.75) is 19.5 Å². The second-order valence-corrected chi connectivity index (χ2v) is 5.85. The predicted octanol–water partition coefficient (Wildman–Crippen LogP) is 4.60.